The van der Waals surface area contributed by atoms with Crippen LogP contribution in [0.15, 0.2) is 36.5 Å². The van der Waals surface area contributed by atoms with E-state index in [1.807, 2.05) is 22.8 Å². The molecule has 0 bridgehead atoms. The van der Waals surface area contributed by atoms with Crippen LogP contribution >= 0.6 is 11.6 Å². The molecule has 0 saturated carbocycles. The lowest BCUT2D eigenvalue weighted by atomic mass is 10.1. The molecule has 0 radical (unpaired) electrons. The van der Waals surface area contributed by atoms with Crippen molar-refractivity contribution in [1.82, 2.24) is 24.3 Å². The molecular formula is C26H29ClN6O5. The number of carbonyl (C=O) groups is 1. The highest BCUT2D eigenvalue weighted by atomic mass is 35.5. The monoisotopic (exact) mass is 540 g/mol. The number of hydrogen-bond donors (Lipinski definition) is 2. The zero-order chi connectivity index (χ0) is 26.8. The fourth-order valence-electron chi connectivity index (χ4n) is 4.58. The molecule has 11 nitrogen and oxygen atoms in total. The molecule has 0 amide bonds. The van der Waals surface area contributed by atoms with Gasteiger partial charge in [0.1, 0.15) is 5.15 Å². The van der Waals surface area contributed by atoms with Crippen LogP contribution in [-0.4, -0.2) is 55.2 Å². The second kappa shape index (κ2) is 11.0. The molecule has 0 spiro atoms. The van der Waals surface area contributed by atoms with Crippen LogP contribution in [-0.2, 0) is 23.1 Å². The number of fused-ring (bicyclic) bond motifs is 1. The molecule has 38 heavy (non-hydrogen) atoms. The summed E-state index contributed by atoms with van der Waals surface area (Å²) in [6.07, 6.45) is 2.91. The third kappa shape index (κ3) is 5.45. The normalized spacial score (nSPS) is 14.8. The Morgan fingerprint density at radius 1 is 1.26 bits per heavy atom. The molecule has 3 aromatic heterocycles. The van der Waals surface area contributed by atoms with Crippen molar-refractivity contribution in [3.05, 3.63) is 52.8 Å². The minimum Gasteiger partial charge on any atom is -0.478 e. The molecule has 1 aliphatic heterocycles. The van der Waals surface area contributed by atoms with Gasteiger partial charge in [0, 0.05) is 19.2 Å². The van der Waals surface area contributed by atoms with E-state index in [1.54, 1.807) is 17.9 Å². The van der Waals surface area contributed by atoms with E-state index >= 15 is 0 Å². The van der Waals surface area contributed by atoms with Crippen molar-refractivity contribution in [1.29, 1.82) is 0 Å². The number of halogens is 1. The van der Waals surface area contributed by atoms with Crippen LogP contribution in [0, 0.1) is 5.92 Å². The summed E-state index contributed by atoms with van der Waals surface area (Å²) in [7, 11) is 1.76. The van der Waals surface area contributed by atoms with Crippen molar-refractivity contribution < 1.29 is 24.1 Å². The van der Waals surface area contributed by atoms with E-state index in [9.17, 15) is 9.90 Å². The van der Waals surface area contributed by atoms with Gasteiger partial charge in [0.05, 0.1) is 53.9 Å². The predicted molar refractivity (Wildman–Crippen MR) is 141 cm³/mol. The van der Waals surface area contributed by atoms with Gasteiger partial charge in [0.15, 0.2) is 6.29 Å². The van der Waals surface area contributed by atoms with Gasteiger partial charge in [-0.25, -0.2) is 19.4 Å². The molecule has 1 aromatic carbocycles. The summed E-state index contributed by atoms with van der Waals surface area (Å²) in [6.45, 7) is 4.49. The van der Waals surface area contributed by atoms with E-state index in [1.165, 1.54) is 12.1 Å². The highest BCUT2D eigenvalue weighted by Crippen LogP contribution is 2.31. The van der Waals surface area contributed by atoms with Gasteiger partial charge in [0.25, 0.3) is 0 Å². The van der Waals surface area contributed by atoms with Gasteiger partial charge in [-0.1, -0.05) is 24.6 Å². The molecule has 1 saturated heterocycles. The number of nitrogens with two attached hydrogens (primary N) is 1. The number of benzene rings is 1. The van der Waals surface area contributed by atoms with Crippen LogP contribution in [0.2, 0.25) is 5.15 Å². The SMILES string of the molecule is C[C@H](CCCOc1c(-c2cc(C(=O)O)cc(Cl)n2)cnn1C)Cn1c(N)nc2ccc(C3OCCO3)cc21. The minimum atomic E-state index is -1.08. The fourth-order valence-corrected chi connectivity index (χ4v) is 4.79. The maximum Gasteiger partial charge on any atom is 0.335 e. The third-order valence-corrected chi connectivity index (χ3v) is 6.67. The molecule has 0 unspecified atom stereocenters. The first-order chi connectivity index (χ1) is 18.3. The summed E-state index contributed by atoms with van der Waals surface area (Å²) >= 11 is 6.04. The Labute approximate surface area is 224 Å². The summed E-state index contributed by atoms with van der Waals surface area (Å²) in [5.74, 6) is 0.193. The zero-order valence-corrected chi connectivity index (χ0v) is 21.9. The molecule has 4 heterocycles. The molecule has 12 heteroatoms. The van der Waals surface area contributed by atoms with Crippen molar-refractivity contribution in [2.75, 3.05) is 25.6 Å². The average Bonchev–Trinajstić information content (AvgIpc) is 3.61. The standard InChI is InChI=1S/C26H29ClN6O5/c1-15(14-33-21-11-16(25-37-8-9-38-25)5-6-19(21)31-26(33)28)4-3-7-36-23-18(13-29-32(23)2)20-10-17(24(34)35)12-22(27)30-20/h5-6,10-13,15,25H,3-4,7-9,14H2,1-2H3,(H2,28,31)(H,34,35)/t15-/m1/s1. The number of pyridine rings is 1. The highest BCUT2D eigenvalue weighted by molar-refractivity contribution is 6.29. The van der Waals surface area contributed by atoms with Crippen LogP contribution in [0.4, 0.5) is 5.95 Å². The van der Waals surface area contributed by atoms with E-state index < -0.39 is 5.97 Å². The maximum absolute atomic E-state index is 11.4. The Balaban J connectivity index is 1.22. The number of imidazole rings is 1. The molecule has 0 aliphatic carbocycles. The van der Waals surface area contributed by atoms with Crippen LogP contribution in [0.1, 0.15) is 42.0 Å². The van der Waals surface area contributed by atoms with Crippen molar-refractivity contribution in [3.8, 4) is 17.1 Å². The molecule has 1 fully saturated rings. The van der Waals surface area contributed by atoms with Gasteiger partial charge in [-0.3, -0.25) is 0 Å². The van der Waals surface area contributed by atoms with E-state index in [2.05, 4.69) is 22.0 Å². The number of carboxylic acids is 1. The van der Waals surface area contributed by atoms with Gasteiger partial charge < -0.3 is 29.6 Å². The molecule has 3 N–H and O–H groups in total. The van der Waals surface area contributed by atoms with Crippen molar-refractivity contribution >= 4 is 34.6 Å². The largest absolute Gasteiger partial charge is 0.478 e. The topological polar surface area (TPSA) is 140 Å². The molecule has 200 valence electrons. The summed E-state index contributed by atoms with van der Waals surface area (Å²) in [5.41, 5.74) is 10.0. The smallest absolute Gasteiger partial charge is 0.335 e. The van der Waals surface area contributed by atoms with E-state index in [0.29, 0.717) is 55.4 Å². The van der Waals surface area contributed by atoms with Crippen LogP contribution in [0.25, 0.3) is 22.3 Å². The highest BCUT2D eigenvalue weighted by Gasteiger charge is 2.21. The number of aryl methyl sites for hydroxylation is 1. The van der Waals surface area contributed by atoms with Crippen molar-refractivity contribution in [2.24, 2.45) is 13.0 Å². The Morgan fingerprint density at radius 3 is 2.82 bits per heavy atom. The Bertz CT molecular complexity index is 1460. The number of nitrogen functional groups attached to an aromatic ring is 1. The Hall–Kier alpha value is -3.67. The zero-order valence-electron chi connectivity index (χ0n) is 21.1. The first kappa shape index (κ1) is 26.0. The summed E-state index contributed by atoms with van der Waals surface area (Å²) in [6, 6.07) is 8.70. The first-order valence-electron chi connectivity index (χ1n) is 12.3. The third-order valence-electron chi connectivity index (χ3n) is 6.47. The Kier molecular flexibility index (Phi) is 7.50. The number of aromatic carboxylic acids is 1. The van der Waals surface area contributed by atoms with Crippen molar-refractivity contribution in [3.63, 3.8) is 0 Å². The quantitative estimate of drug-likeness (QED) is 0.222. The van der Waals surface area contributed by atoms with Crippen LogP contribution < -0.4 is 10.5 Å². The molecular weight excluding hydrogens is 512 g/mol. The minimum absolute atomic E-state index is 0.0466. The molecule has 4 aromatic rings. The predicted octanol–water partition coefficient (Wildman–Crippen LogP) is 4.31. The summed E-state index contributed by atoms with van der Waals surface area (Å²) in [5, 5.41) is 13.7. The number of anilines is 1. The maximum atomic E-state index is 11.4. The number of hydrogen-bond acceptors (Lipinski definition) is 8. The Morgan fingerprint density at radius 2 is 2.05 bits per heavy atom. The summed E-state index contributed by atoms with van der Waals surface area (Å²) in [4.78, 5) is 20.2. The average molecular weight is 541 g/mol. The van der Waals surface area contributed by atoms with E-state index in [-0.39, 0.29) is 17.0 Å². The number of aromatic nitrogens is 5. The number of carboxylic acid groups (broad SMARTS) is 1. The lowest BCUT2D eigenvalue weighted by Crippen LogP contribution is -2.12. The fraction of sp³-hybridized carbons (Fsp3) is 0.385. The lowest BCUT2D eigenvalue weighted by Gasteiger charge is -2.16. The second-order valence-electron chi connectivity index (χ2n) is 9.35. The number of rotatable bonds is 10. The number of ether oxygens (including phenoxy) is 3. The first-order valence-corrected chi connectivity index (χ1v) is 12.7. The van der Waals surface area contributed by atoms with E-state index in [4.69, 9.17) is 31.5 Å². The molecule has 1 atom stereocenters. The van der Waals surface area contributed by atoms with Gasteiger partial charge in [-0.15, -0.1) is 0 Å². The van der Waals surface area contributed by atoms with Gasteiger partial charge in [-0.2, -0.15) is 5.10 Å². The van der Waals surface area contributed by atoms with Gasteiger partial charge >= 0.3 is 5.97 Å². The number of nitrogens with zero attached hydrogens (tertiary/aromatic N) is 5. The molecule has 5 rings (SSSR count). The van der Waals surface area contributed by atoms with E-state index in [0.717, 1.165) is 29.4 Å². The van der Waals surface area contributed by atoms with Crippen LogP contribution in [0.3, 0.4) is 0 Å². The lowest BCUT2D eigenvalue weighted by molar-refractivity contribution is -0.0440. The second-order valence-corrected chi connectivity index (χ2v) is 9.74. The van der Waals surface area contributed by atoms with Crippen LogP contribution in [0.5, 0.6) is 5.88 Å². The molecule has 1 aliphatic rings. The summed E-state index contributed by atoms with van der Waals surface area (Å²) < 4.78 is 21.0. The van der Waals surface area contributed by atoms with Gasteiger partial charge in [0.2, 0.25) is 11.8 Å². The van der Waals surface area contributed by atoms with Gasteiger partial charge in [-0.05, 0) is 43.0 Å². The van der Waals surface area contributed by atoms with Crippen molar-refractivity contribution in [2.45, 2.75) is 32.6 Å².